The molecule has 0 aromatic heterocycles. The van der Waals surface area contributed by atoms with E-state index in [1.165, 1.54) is 13.2 Å². The molecule has 0 saturated carbocycles. The molecule has 1 heterocycles. The monoisotopic (exact) mass is 398 g/mol. The maximum Gasteiger partial charge on any atom is 0.325 e. The second-order valence-electron chi connectivity index (χ2n) is 7.01. The molecule has 2 aromatic carbocycles. The minimum atomic E-state index is -1.08. The highest BCUT2D eigenvalue weighted by Crippen LogP contribution is 2.40. The van der Waals surface area contributed by atoms with Crippen LogP contribution in [0.1, 0.15) is 34.3 Å². The van der Waals surface area contributed by atoms with Crippen LogP contribution in [0.15, 0.2) is 42.5 Å². The molecule has 1 spiro atoms. The predicted octanol–water partition coefficient (Wildman–Crippen LogP) is 3.31. The summed E-state index contributed by atoms with van der Waals surface area (Å²) in [5.74, 6) is -0.294. The van der Waals surface area contributed by atoms with E-state index in [0.717, 1.165) is 28.9 Å². The molecule has 1 saturated heterocycles. The lowest BCUT2D eigenvalue weighted by Gasteiger charge is -2.33. The van der Waals surface area contributed by atoms with Crippen LogP contribution in [0.4, 0.5) is 4.79 Å². The Bertz CT molecular complexity index is 990. The van der Waals surface area contributed by atoms with E-state index in [1.54, 1.807) is 12.1 Å². The lowest BCUT2D eigenvalue weighted by molar-refractivity contribution is -0.131. The number of methoxy groups -OCH3 is 1. The molecule has 144 valence electrons. The number of ether oxygens (including phenoxy) is 1. The Kier molecular flexibility index (Phi) is 4.59. The molecule has 1 fully saturated rings. The van der Waals surface area contributed by atoms with Gasteiger partial charge < -0.3 is 10.1 Å². The van der Waals surface area contributed by atoms with Crippen molar-refractivity contribution in [2.24, 2.45) is 0 Å². The Morgan fingerprint density at radius 2 is 2.04 bits per heavy atom. The first-order valence-electron chi connectivity index (χ1n) is 9.05. The van der Waals surface area contributed by atoms with Crippen molar-refractivity contribution in [3.8, 4) is 5.75 Å². The van der Waals surface area contributed by atoms with Gasteiger partial charge in [-0.1, -0.05) is 35.9 Å². The molecular weight excluding hydrogens is 380 g/mol. The van der Waals surface area contributed by atoms with E-state index in [2.05, 4.69) is 5.32 Å². The topological polar surface area (TPSA) is 75.7 Å². The fourth-order valence-corrected chi connectivity index (χ4v) is 4.29. The fraction of sp³-hybridized carbons (Fsp3) is 0.286. The minimum absolute atomic E-state index is 0.295. The summed E-state index contributed by atoms with van der Waals surface area (Å²) in [6.07, 6.45) is 2.18. The highest BCUT2D eigenvalue weighted by molar-refractivity contribution is 6.32. The number of aryl methyl sites for hydroxylation is 1. The minimum Gasteiger partial charge on any atom is -0.495 e. The van der Waals surface area contributed by atoms with E-state index in [4.69, 9.17) is 16.3 Å². The number of nitrogens with zero attached hydrogens (tertiary/aromatic N) is 1. The lowest BCUT2D eigenvalue weighted by Crippen LogP contribution is -2.46. The number of rotatable bonds is 4. The summed E-state index contributed by atoms with van der Waals surface area (Å²) >= 11 is 6.08. The molecule has 7 heteroatoms. The second kappa shape index (κ2) is 6.95. The maximum absolute atomic E-state index is 13.2. The first kappa shape index (κ1) is 18.5. The number of Topliss-reactive ketones (excluding diaryl/α,β-unsaturated/α-hetero) is 1. The van der Waals surface area contributed by atoms with Gasteiger partial charge in [0.2, 0.25) is 0 Å². The van der Waals surface area contributed by atoms with Gasteiger partial charge in [-0.25, -0.2) is 4.79 Å². The van der Waals surface area contributed by atoms with Gasteiger partial charge in [0.25, 0.3) is 5.91 Å². The summed E-state index contributed by atoms with van der Waals surface area (Å²) in [7, 11) is 1.48. The third kappa shape index (κ3) is 2.85. The molecule has 4 rings (SSSR count). The first-order valence-corrected chi connectivity index (χ1v) is 9.43. The van der Waals surface area contributed by atoms with Gasteiger partial charge in [-0.3, -0.25) is 14.5 Å². The van der Waals surface area contributed by atoms with Gasteiger partial charge in [0.1, 0.15) is 11.3 Å². The van der Waals surface area contributed by atoms with Crippen molar-refractivity contribution in [1.29, 1.82) is 0 Å². The molecule has 2 aromatic rings. The number of halogens is 1. The highest BCUT2D eigenvalue weighted by atomic mass is 35.5. The first-order chi connectivity index (χ1) is 13.5. The molecule has 0 bridgehead atoms. The number of carbonyl (C=O) groups excluding carboxylic acids is 3. The van der Waals surface area contributed by atoms with Gasteiger partial charge in [-0.2, -0.15) is 0 Å². The van der Waals surface area contributed by atoms with Crippen molar-refractivity contribution in [1.82, 2.24) is 10.2 Å². The Morgan fingerprint density at radius 1 is 1.25 bits per heavy atom. The number of nitrogens with one attached hydrogen (secondary N) is 1. The molecular formula is C21H19ClN2O4. The van der Waals surface area contributed by atoms with Crippen LogP contribution >= 0.6 is 11.6 Å². The van der Waals surface area contributed by atoms with Crippen LogP contribution in [0.2, 0.25) is 5.02 Å². The Labute approximate surface area is 167 Å². The zero-order valence-corrected chi connectivity index (χ0v) is 16.1. The van der Waals surface area contributed by atoms with Crippen LogP contribution in [0.5, 0.6) is 5.75 Å². The molecule has 0 radical (unpaired) electrons. The zero-order chi connectivity index (χ0) is 19.9. The molecule has 1 atom stereocenters. The average Bonchev–Trinajstić information content (AvgIpc) is 2.93. The van der Waals surface area contributed by atoms with Gasteiger partial charge in [0, 0.05) is 5.56 Å². The second-order valence-corrected chi connectivity index (χ2v) is 7.42. The number of fused-ring (bicyclic) bond motifs is 2. The number of urea groups is 1. The summed E-state index contributed by atoms with van der Waals surface area (Å²) in [6, 6.07) is 11.7. The summed E-state index contributed by atoms with van der Waals surface area (Å²) in [6.45, 7) is -0.336. The number of benzene rings is 2. The van der Waals surface area contributed by atoms with Crippen molar-refractivity contribution in [3.05, 3.63) is 64.2 Å². The third-order valence-electron chi connectivity index (χ3n) is 5.43. The average molecular weight is 399 g/mol. The maximum atomic E-state index is 13.2. The van der Waals surface area contributed by atoms with Crippen molar-refractivity contribution in [2.45, 2.75) is 24.8 Å². The molecule has 0 unspecified atom stereocenters. The van der Waals surface area contributed by atoms with Crippen LogP contribution in [0.25, 0.3) is 0 Å². The standard InChI is InChI=1S/C21H19ClN2O4/c1-28-18-9-8-14(11-16(18)22)17(25)12-24-19(26)21(23-20(24)27)10-4-6-13-5-2-3-7-15(13)21/h2-3,5,7-9,11H,4,6,10,12H2,1H3,(H,23,27)/t21-/m0/s1. The normalized spacial score (nSPS) is 20.9. The van der Waals surface area contributed by atoms with Crippen molar-refractivity contribution < 1.29 is 19.1 Å². The summed E-state index contributed by atoms with van der Waals surface area (Å²) in [4.78, 5) is 39.5. The molecule has 1 aliphatic heterocycles. The molecule has 2 aliphatic rings. The van der Waals surface area contributed by atoms with Crippen LogP contribution in [0, 0.1) is 0 Å². The predicted molar refractivity (Wildman–Crippen MR) is 104 cm³/mol. The highest BCUT2D eigenvalue weighted by Gasteiger charge is 2.54. The number of amides is 3. The van der Waals surface area contributed by atoms with Gasteiger partial charge >= 0.3 is 6.03 Å². The van der Waals surface area contributed by atoms with Gasteiger partial charge in [0.05, 0.1) is 18.7 Å². The van der Waals surface area contributed by atoms with Crippen LogP contribution < -0.4 is 10.1 Å². The van der Waals surface area contributed by atoms with Crippen LogP contribution in [-0.4, -0.2) is 36.3 Å². The number of imide groups is 1. The Hall–Kier alpha value is -2.86. The lowest BCUT2D eigenvalue weighted by atomic mass is 9.76. The van der Waals surface area contributed by atoms with E-state index >= 15 is 0 Å². The quantitative estimate of drug-likeness (QED) is 0.633. The number of hydrogen-bond acceptors (Lipinski definition) is 4. The van der Waals surface area contributed by atoms with Crippen LogP contribution in [-0.2, 0) is 16.8 Å². The Balaban J connectivity index is 1.61. The summed E-state index contributed by atoms with van der Waals surface area (Å²) in [5.41, 5.74) is 1.11. The zero-order valence-electron chi connectivity index (χ0n) is 15.3. The van der Waals surface area contributed by atoms with E-state index < -0.39 is 11.6 Å². The number of hydrogen-bond donors (Lipinski definition) is 1. The largest absolute Gasteiger partial charge is 0.495 e. The molecule has 3 amide bonds. The molecule has 1 aliphatic carbocycles. The summed E-state index contributed by atoms with van der Waals surface area (Å²) < 4.78 is 5.08. The smallest absolute Gasteiger partial charge is 0.325 e. The van der Waals surface area contributed by atoms with Gasteiger partial charge in [-0.15, -0.1) is 0 Å². The summed E-state index contributed by atoms with van der Waals surface area (Å²) in [5, 5.41) is 3.15. The van der Waals surface area contributed by atoms with E-state index in [1.807, 2.05) is 24.3 Å². The van der Waals surface area contributed by atoms with Crippen LogP contribution in [0.3, 0.4) is 0 Å². The number of ketones is 1. The molecule has 6 nitrogen and oxygen atoms in total. The van der Waals surface area contributed by atoms with E-state index in [9.17, 15) is 14.4 Å². The van der Waals surface area contributed by atoms with Crippen molar-refractivity contribution in [2.75, 3.05) is 13.7 Å². The fourth-order valence-electron chi connectivity index (χ4n) is 4.03. The van der Waals surface area contributed by atoms with E-state index in [-0.39, 0.29) is 18.2 Å². The third-order valence-corrected chi connectivity index (χ3v) is 5.72. The Morgan fingerprint density at radius 3 is 2.79 bits per heavy atom. The molecule has 28 heavy (non-hydrogen) atoms. The SMILES string of the molecule is COc1ccc(C(=O)CN2C(=O)N[C@]3(CCCc4ccccc43)C2=O)cc1Cl. The van der Waals surface area contributed by atoms with E-state index in [0.29, 0.717) is 22.8 Å². The van der Waals surface area contributed by atoms with Crippen molar-refractivity contribution >= 4 is 29.3 Å². The number of carbonyl (C=O) groups is 3. The van der Waals surface area contributed by atoms with Gasteiger partial charge in [-0.05, 0) is 48.6 Å². The van der Waals surface area contributed by atoms with Crippen molar-refractivity contribution in [3.63, 3.8) is 0 Å². The van der Waals surface area contributed by atoms with Gasteiger partial charge in [0.15, 0.2) is 5.78 Å². The molecule has 1 N–H and O–H groups in total.